The minimum atomic E-state index is -2.47. The molecule has 0 fully saturated rings. The van der Waals surface area contributed by atoms with Gasteiger partial charge in [0.05, 0.1) is 0 Å². The topological polar surface area (TPSA) is 217 Å². The van der Waals surface area contributed by atoms with E-state index in [1.54, 1.807) is 12.1 Å². The smallest absolute Gasteiger partial charge is 0.592 e. The molecule has 0 aliphatic carbocycles. The molecule has 22 heavy (non-hydrogen) atoms. The van der Waals surface area contributed by atoms with Crippen molar-refractivity contribution in [1.82, 2.24) is 0 Å². The summed E-state index contributed by atoms with van der Waals surface area (Å²) < 4.78 is 14.5. The maximum absolute atomic E-state index is 11.6. The van der Waals surface area contributed by atoms with Crippen LogP contribution in [0.15, 0.2) is 24.3 Å². The first-order valence-corrected chi connectivity index (χ1v) is 7.37. The van der Waals surface area contributed by atoms with Crippen molar-refractivity contribution in [1.29, 1.82) is 0 Å². The lowest BCUT2D eigenvalue weighted by Crippen LogP contribution is -2.39. The zero-order chi connectivity index (χ0) is 13.5. The highest BCUT2D eigenvalue weighted by molar-refractivity contribution is 6.48. The molecule has 1 aromatic rings. The highest BCUT2D eigenvalue weighted by Crippen LogP contribution is 2.11. The third-order valence-electron chi connectivity index (χ3n) is 2.13. The number of hydrogen-bond donors (Lipinski definition) is 2. The summed E-state index contributed by atoms with van der Waals surface area (Å²) in [6.07, 6.45) is 0.313. The van der Waals surface area contributed by atoms with E-state index < -0.39 is 27.2 Å². The van der Waals surface area contributed by atoms with Gasteiger partial charge in [-0.25, -0.2) is 0 Å². The molecule has 4 radical (unpaired) electrons. The second-order valence-electron chi connectivity index (χ2n) is 3.47. The number of nitrogens with two attached hydrogens (primary N) is 1. The Morgan fingerprint density at radius 1 is 1.14 bits per heavy atom. The van der Waals surface area contributed by atoms with E-state index in [0.717, 1.165) is 5.56 Å². The van der Waals surface area contributed by atoms with Gasteiger partial charge in [0.25, 0.3) is 5.97 Å². The summed E-state index contributed by atoms with van der Waals surface area (Å²) in [4.78, 5) is 11.6. The molecule has 11 N–H and O–H groups in total. The summed E-state index contributed by atoms with van der Waals surface area (Å²) in [5, 5.41) is 9.13. The molecule has 0 amide bonds. The average molecular weight is 365 g/mol. The van der Waals surface area contributed by atoms with Crippen molar-refractivity contribution >= 4 is 54.4 Å². The normalized spacial score (nSPS) is 9.68. The van der Waals surface area contributed by atoms with Crippen LogP contribution in [0.4, 0.5) is 0 Å². The third-order valence-corrected chi connectivity index (χ3v) is 4.33. The van der Waals surface area contributed by atoms with Crippen molar-refractivity contribution in [2.75, 3.05) is 0 Å². The first-order chi connectivity index (χ1) is 8.56. The van der Waals surface area contributed by atoms with Gasteiger partial charge in [0, 0.05) is 0 Å². The largest absolute Gasteiger partial charge is 0.938 e. The first kappa shape index (κ1) is 29.8. The van der Waals surface area contributed by atoms with Crippen LogP contribution < -0.4 is 5.73 Å². The molecule has 1 atom stereocenters. The Morgan fingerprint density at radius 2 is 1.59 bits per heavy atom. The van der Waals surface area contributed by atoms with Gasteiger partial charge >= 0.3 is 48.4 Å². The van der Waals surface area contributed by atoms with Crippen molar-refractivity contribution in [2.24, 2.45) is 5.73 Å². The minimum Gasteiger partial charge on any atom is -0.592 e. The number of carbonyl (C=O) groups excluding carboxylic acids is 1. The maximum atomic E-state index is 11.6. The Bertz CT molecular complexity index is 390. The number of carbonyl (C=O) groups is 1. The minimum absolute atomic E-state index is 0. The standard InChI is InChI=1S/C9H11NO3.3Al.4H2O.2O/c10-8(9(12)13)5-6-1-3-7(11)4-2-6;;;;;;;;;/h1-4,8,11H,5,10H2,(H,12,13);;;;4*1H2;;/q;;;+1;;;;;;/p-1. The van der Waals surface area contributed by atoms with Gasteiger partial charge in [0.2, 0.25) is 0 Å². The Balaban J connectivity index is -0.000000405. The molecule has 13 heteroatoms. The lowest BCUT2D eigenvalue weighted by Gasteiger charge is -2.15. The predicted molar refractivity (Wildman–Crippen MR) is 79.8 cm³/mol. The van der Waals surface area contributed by atoms with Crippen LogP contribution in [0.1, 0.15) is 5.56 Å². The van der Waals surface area contributed by atoms with Gasteiger partial charge in [-0.15, -0.1) is 0 Å². The number of phenols is 1. The quantitative estimate of drug-likeness (QED) is 0.474. The van der Waals surface area contributed by atoms with Crippen molar-refractivity contribution in [3.63, 3.8) is 0 Å². The maximum Gasteiger partial charge on any atom is 0.938 e. The van der Waals surface area contributed by atoms with Gasteiger partial charge in [0.1, 0.15) is 11.8 Å². The SMILES string of the molecule is NC(Cc1ccc(O)cc1)C(=O)[O][Al]([O][Al])[O][Al].O.O.O.O. The van der Waals surface area contributed by atoms with Crippen molar-refractivity contribution in [2.45, 2.75) is 12.5 Å². The van der Waals surface area contributed by atoms with Crippen LogP contribution in [-0.4, -0.2) is 87.4 Å². The van der Waals surface area contributed by atoms with Gasteiger partial charge < -0.3 is 42.2 Å². The van der Waals surface area contributed by atoms with Crippen LogP contribution in [0.3, 0.4) is 0 Å². The molecule has 0 aliphatic heterocycles. The van der Waals surface area contributed by atoms with E-state index in [1.165, 1.54) is 12.1 Å². The summed E-state index contributed by atoms with van der Waals surface area (Å²) in [6, 6.07) is 5.64. The number of aromatic hydroxyl groups is 1. The van der Waals surface area contributed by atoms with E-state index >= 15 is 0 Å². The van der Waals surface area contributed by atoms with Gasteiger partial charge in [0.15, 0.2) is 0 Å². The zero-order valence-corrected chi connectivity index (χ0v) is 14.9. The molecule has 10 nitrogen and oxygen atoms in total. The Kier molecular flexibility index (Phi) is 21.2. The molecule has 0 aromatic heterocycles. The van der Waals surface area contributed by atoms with Gasteiger partial charge in [-0.3, -0.25) is 4.79 Å². The van der Waals surface area contributed by atoms with Crippen molar-refractivity contribution < 1.29 is 41.3 Å². The molecule has 1 aromatic carbocycles. The van der Waals surface area contributed by atoms with E-state index in [-0.39, 0.29) is 27.7 Å². The highest BCUT2D eigenvalue weighted by atomic mass is 27.3. The number of phenolic OH excluding ortho intramolecular Hbond substituents is 1. The third kappa shape index (κ3) is 10.5. The van der Waals surface area contributed by atoms with E-state index in [4.69, 9.17) is 20.3 Å². The number of hydrogen-bond acceptors (Lipinski definition) is 6. The molecule has 1 rings (SSSR count). The molecule has 0 spiro atoms. The van der Waals surface area contributed by atoms with Gasteiger partial charge in [-0.1, -0.05) is 12.1 Å². The molecule has 122 valence electrons. The highest BCUT2D eigenvalue weighted by Gasteiger charge is 2.31. The Morgan fingerprint density at radius 3 is 2.00 bits per heavy atom. The molecule has 0 saturated carbocycles. The molecule has 1 unspecified atom stereocenters. The first-order valence-electron chi connectivity index (χ1n) is 5.02. The fourth-order valence-corrected chi connectivity index (χ4v) is 2.88. The number of benzene rings is 1. The predicted octanol–water partition coefficient (Wildman–Crippen LogP) is -4.31. The Hall–Kier alpha value is -0.193. The van der Waals surface area contributed by atoms with Crippen LogP contribution in [0.2, 0.25) is 0 Å². The summed E-state index contributed by atoms with van der Waals surface area (Å²) in [5.41, 5.74) is 6.53. The summed E-state index contributed by atoms with van der Waals surface area (Å²) in [5.74, 6) is -0.417. The van der Waals surface area contributed by atoms with Crippen LogP contribution in [0, 0.1) is 0 Å². The fraction of sp³-hybridized carbons (Fsp3) is 0.222. The summed E-state index contributed by atoms with van der Waals surface area (Å²) in [6.45, 7) is 0. The lowest BCUT2D eigenvalue weighted by molar-refractivity contribution is -0.138. The zero-order valence-electron chi connectivity index (χ0n) is 11.5. The molecule has 0 bridgehead atoms. The van der Waals surface area contributed by atoms with E-state index in [0.29, 0.717) is 6.42 Å². The van der Waals surface area contributed by atoms with Gasteiger partial charge in [-0.05, 0) is 24.1 Å². The van der Waals surface area contributed by atoms with Crippen molar-refractivity contribution in [3.8, 4) is 5.75 Å². The molecular weight excluding hydrogens is 347 g/mol. The monoisotopic (exact) mass is 365 g/mol. The van der Waals surface area contributed by atoms with Crippen LogP contribution >= 0.6 is 0 Å². The second kappa shape index (κ2) is 15.7. The van der Waals surface area contributed by atoms with Crippen LogP contribution in [-0.2, 0) is 20.7 Å². The molecular formula is C9H18Al3NO9. The average Bonchev–Trinajstić information content (AvgIpc) is 2.38. The fourth-order valence-electron chi connectivity index (χ4n) is 1.24. The Labute approximate surface area is 149 Å². The molecule has 0 heterocycles. The number of rotatable bonds is 6. The van der Waals surface area contributed by atoms with E-state index in [1.807, 2.05) is 33.2 Å². The summed E-state index contributed by atoms with van der Waals surface area (Å²) in [7, 11) is 0. The van der Waals surface area contributed by atoms with Crippen LogP contribution in [0.25, 0.3) is 0 Å². The van der Waals surface area contributed by atoms with E-state index in [2.05, 4.69) is 0 Å². The van der Waals surface area contributed by atoms with Crippen molar-refractivity contribution in [3.05, 3.63) is 29.8 Å². The van der Waals surface area contributed by atoms with E-state index in [9.17, 15) is 4.79 Å². The lowest BCUT2D eigenvalue weighted by atomic mass is 10.1. The second-order valence-corrected chi connectivity index (χ2v) is 6.47. The summed E-state index contributed by atoms with van der Waals surface area (Å²) >= 11 is 1.50. The van der Waals surface area contributed by atoms with Gasteiger partial charge in [-0.2, -0.15) is 0 Å². The molecule has 0 aliphatic rings. The van der Waals surface area contributed by atoms with Crippen LogP contribution in [0.5, 0.6) is 5.75 Å². The molecule has 0 saturated heterocycles.